The molecule has 2 aromatic rings. The van der Waals surface area contributed by atoms with Gasteiger partial charge in [0.25, 0.3) is 0 Å². The fourth-order valence-corrected chi connectivity index (χ4v) is 2.34. The fourth-order valence-electron chi connectivity index (χ4n) is 2.34. The summed E-state index contributed by atoms with van der Waals surface area (Å²) in [7, 11) is 0. The second-order valence-corrected chi connectivity index (χ2v) is 5.15. The summed E-state index contributed by atoms with van der Waals surface area (Å²) in [5, 5.41) is 9.33. The van der Waals surface area contributed by atoms with Crippen molar-refractivity contribution in [3.8, 4) is 11.3 Å². The maximum Gasteiger partial charge on any atom is 0.111 e. The third-order valence-electron chi connectivity index (χ3n) is 4.04. The first-order valence-electron chi connectivity index (χ1n) is 6.81. The lowest BCUT2D eigenvalue weighted by atomic mass is 9.97. The van der Waals surface area contributed by atoms with Crippen LogP contribution in [0.4, 0.5) is 0 Å². The van der Waals surface area contributed by atoms with Crippen molar-refractivity contribution in [1.82, 2.24) is 9.97 Å². The smallest absolute Gasteiger partial charge is 0.111 e. The number of H-pyrrole nitrogens is 1. The van der Waals surface area contributed by atoms with E-state index in [0.29, 0.717) is 0 Å². The normalized spacial score (nSPS) is 12.7. The van der Waals surface area contributed by atoms with Gasteiger partial charge in [0.2, 0.25) is 0 Å². The summed E-state index contributed by atoms with van der Waals surface area (Å²) in [6.45, 7) is 8.61. The van der Waals surface area contributed by atoms with Gasteiger partial charge in [-0.3, -0.25) is 0 Å². The van der Waals surface area contributed by atoms with Crippen molar-refractivity contribution in [3.05, 3.63) is 40.8 Å². The maximum atomic E-state index is 9.33. The minimum absolute atomic E-state index is 0.0978. The van der Waals surface area contributed by atoms with E-state index >= 15 is 0 Å². The van der Waals surface area contributed by atoms with Crippen molar-refractivity contribution in [2.45, 2.75) is 40.0 Å². The Kier molecular flexibility index (Phi) is 4.05. The highest BCUT2D eigenvalue weighted by atomic mass is 16.3. The molecule has 0 amide bonds. The van der Waals surface area contributed by atoms with Crippen LogP contribution >= 0.6 is 0 Å². The molecule has 1 unspecified atom stereocenters. The highest BCUT2D eigenvalue weighted by Gasteiger charge is 2.14. The van der Waals surface area contributed by atoms with Gasteiger partial charge in [0.1, 0.15) is 5.82 Å². The van der Waals surface area contributed by atoms with Gasteiger partial charge in [-0.15, -0.1) is 0 Å². The van der Waals surface area contributed by atoms with E-state index in [4.69, 9.17) is 0 Å². The number of benzene rings is 1. The van der Waals surface area contributed by atoms with Crippen LogP contribution < -0.4 is 0 Å². The zero-order valence-electron chi connectivity index (χ0n) is 12.1. The third-order valence-corrected chi connectivity index (χ3v) is 4.04. The Labute approximate surface area is 114 Å². The van der Waals surface area contributed by atoms with Gasteiger partial charge in [-0.05, 0) is 43.9 Å². The van der Waals surface area contributed by atoms with E-state index in [0.717, 1.165) is 17.9 Å². The molecule has 2 N–H and O–H groups in total. The highest BCUT2D eigenvalue weighted by Crippen LogP contribution is 2.27. The zero-order chi connectivity index (χ0) is 14.0. The largest absolute Gasteiger partial charge is 0.396 e. The standard InChI is InChI=1S/C16H22N2O/c1-5-13(9-19)16-17-8-15(18-16)14-7-6-10(2)11(3)12(14)4/h6-8,13,19H,5,9H2,1-4H3,(H,17,18). The molecule has 102 valence electrons. The summed E-state index contributed by atoms with van der Waals surface area (Å²) in [4.78, 5) is 7.76. The van der Waals surface area contributed by atoms with Crippen molar-refractivity contribution < 1.29 is 5.11 Å². The number of aromatic nitrogens is 2. The number of hydrogen-bond acceptors (Lipinski definition) is 2. The predicted octanol–water partition coefficient (Wildman–Crippen LogP) is 3.49. The molecule has 1 heterocycles. The molecule has 0 saturated carbocycles. The first-order chi connectivity index (χ1) is 9.08. The second-order valence-electron chi connectivity index (χ2n) is 5.15. The molecule has 3 nitrogen and oxygen atoms in total. The van der Waals surface area contributed by atoms with Gasteiger partial charge < -0.3 is 10.1 Å². The summed E-state index contributed by atoms with van der Waals surface area (Å²) < 4.78 is 0. The number of aliphatic hydroxyl groups excluding tert-OH is 1. The quantitative estimate of drug-likeness (QED) is 0.882. The number of nitrogens with one attached hydrogen (secondary N) is 1. The van der Waals surface area contributed by atoms with Gasteiger partial charge in [0, 0.05) is 11.5 Å². The maximum absolute atomic E-state index is 9.33. The second kappa shape index (κ2) is 5.57. The van der Waals surface area contributed by atoms with Crippen molar-refractivity contribution in [3.63, 3.8) is 0 Å². The number of nitrogens with zero attached hydrogens (tertiary/aromatic N) is 1. The first kappa shape index (κ1) is 13.8. The fraction of sp³-hybridized carbons (Fsp3) is 0.438. The van der Waals surface area contributed by atoms with E-state index in [2.05, 4.69) is 49.8 Å². The van der Waals surface area contributed by atoms with Crippen LogP contribution in [0.5, 0.6) is 0 Å². The van der Waals surface area contributed by atoms with Gasteiger partial charge in [-0.1, -0.05) is 19.1 Å². The topological polar surface area (TPSA) is 48.9 Å². The molecule has 2 rings (SSSR count). The van der Waals surface area contributed by atoms with Crippen LogP contribution in [0.1, 0.15) is 41.8 Å². The molecular weight excluding hydrogens is 236 g/mol. The van der Waals surface area contributed by atoms with Gasteiger partial charge >= 0.3 is 0 Å². The van der Waals surface area contributed by atoms with Crippen LogP contribution in [-0.4, -0.2) is 21.7 Å². The third kappa shape index (κ3) is 2.56. The van der Waals surface area contributed by atoms with Crippen molar-refractivity contribution in [2.24, 2.45) is 0 Å². The van der Waals surface area contributed by atoms with Crippen LogP contribution in [0.25, 0.3) is 11.3 Å². The molecular formula is C16H22N2O. The minimum Gasteiger partial charge on any atom is -0.396 e. The summed E-state index contributed by atoms with van der Waals surface area (Å²) in [5.74, 6) is 0.971. The molecule has 1 aromatic heterocycles. The van der Waals surface area contributed by atoms with Gasteiger partial charge in [-0.2, -0.15) is 0 Å². The predicted molar refractivity (Wildman–Crippen MR) is 78.4 cm³/mol. The number of hydrogen-bond donors (Lipinski definition) is 2. The molecule has 0 saturated heterocycles. The van der Waals surface area contributed by atoms with Crippen molar-refractivity contribution >= 4 is 0 Å². The minimum atomic E-state index is 0.0978. The molecule has 0 bridgehead atoms. The number of aromatic amines is 1. The molecule has 3 heteroatoms. The van der Waals surface area contributed by atoms with Gasteiger partial charge in [-0.25, -0.2) is 4.98 Å². The van der Waals surface area contributed by atoms with Crippen molar-refractivity contribution in [1.29, 1.82) is 0 Å². The van der Waals surface area contributed by atoms with Crippen LogP contribution in [0, 0.1) is 20.8 Å². The van der Waals surface area contributed by atoms with E-state index in [1.165, 1.54) is 22.3 Å². The molecule has 19 heavy (non-hydrogen) atoms. The Balaban J connectivity index is 2.41. The van der Waals surface area contributed by atoms with E-state index < -0.39 is 0 Å². The van der Waals surface area contributed by atoms with Crippen LogP contribution in [0.15, 0.2) is 18.3 Å². The summed E-state index contributed by atoms with van der Waals surface area (Å²) in [6, 6.07) is 4.27. The molecule has 0 radical (unpaired) electrons. The lowest BCUT2D eigenvalue weighted by molar-refractivity contribution is 0.258. The number of aliphatic hydroxyl groups is 1. The van der Waals surface area contributed by atoms with Crippen LogP contribution in [-0.2, 0) is 0 Å². The monoisotopic (exact) mass is 258 g/mol. The molecule has 0 fully saturated rings. The molecule has 0 aliphatic heterocycles. The Morgan fingerprint density at radius 2 is 1.95 bits per heavy atom. The summed E-state index contributed by atoms with van der Waals surface area (Å²) >= 11 is 0. The average Bonchev–Trinajstić information content (AvgIpc) is 2.87. The Morgan fingerprint density at radius 1 is 1.21 bits per heavy atom. The SMILES string of the molecule is CCC(CO)c1ncc(-c2ccc(C)c(C)c2C)[nH]1. The van der Waals surface area contributed by atoms with Crippen LogP contribution in [0.2, 0.25) is 0 Å². The summed E-state index contributed by atoms with van der Waals surface area (Å²) in [6.07, 6.45) is 2.75. The Morgan fingerprint density at radius 3 is 2.58 bits per heavy atom. The molecule has 1 aromatic carbocycles. The Hall–Kier alpha value is -1.61. The lowest BCUT2D eigenvalue weighted by Gasteiger charge is -2.10. The van der Waals surface area contributed by atoms with Crippen molar-refractivity contribution in [2.75, 3.05) is 6.61 Å². The summed E-state index contributed by atoms with van der Waals surface area (Å²) in [5.41, 5.74) is 6.13. The molecule has 0 aliphatic carbocycles. The molecule has 0 spiro atoms. The lowest BCUT2D eigenvalue weighted by Crippen LogP contribution is -2.04. The van der Waals surface area contributed by atoms with E-state index in [1.54, 1.807) is 0 Å². The van der Waals surface area contributed by atoms with E-state index in [1.807, 2.05) is 6.20 Å². The zero-order valence-corrected chi connectivity index (χ0v) is 12.1. The van der Waals surface area contributed by atoms with Gasteiger partial charge in [0.05, 0.1) is 18.5 Å². The molecule has 1 atom stereocenters. The number of rotatable bonds is 4. The number of imidazole rings is 1. The first-order valence-corrected chi connectivity index (χ1v) is 6.81. The van der Waals surface area contributed by atoms with Crippen LogP contribution in [0.3, 0.4) is 0 Å². The average molecular weight is 258 g/mol. The molecule has 0 aliphatic rings. The van der Waals surface area contributed by atoms with Gasteiger partial charge in [0.15, 0.2) is 0 Å². The van der Waals surface area contributed by atoms with E-state index in [-0.39, 0.29) is 12.5 Å². The highest BCUT2D eigenvalue weighted by molar-refractivity contribution is 5.65. The Bertz CT molecular complexity index is 568. The number of aryl methyl sites for hydroxylation is 1. The van der Waals surface area contributed by atoms with E-state index in [9.17, 15) is 5.11 Å².